The van der Waals surface area contributed by atoms with Gasteiger partial charge in [0.25, 0.3) is 11.9 Å². The van der Waals surface area contributed by atoms with Crippen molar-refractivity contribution in [1.82, 2.24) is 19.9 Å². The van der Waals surface area contributed by atoms with Gasteiger partial charge in [-0.05, 0) is 25.5 Å². The minimum absolute atomic E-state index is 0. The minimum atomic E-state index is -0.422. The standard InChI is InChI=1S/C24H26N8O4.H2S/c1-14-10-15(2-4-26-14)23-28-18(13-35-23)22(33)27-17-11-19-20(29-21(17)32-5-3-16(25)12-32)30-24(36-19)31-6-8-34-9-7-31;/h2,4,10-11,13,16H,3,5-9,12,25H2,1H3,(H,27,33);1H2/t16-;/m0./s1. The number of aryl methyl sites for hydroxylation is 1. The average Bonchev–Trinajstić information content (AvgIpc) is 3.63. The molecule has 2 aliphatic heterocycles. The molecule has 13 heteroatoms. The quantitative estimate of drug-likeness (QED) is 0.396. The monoisotopic (exact) mass is 524 g/mol. The predicted molar refractivity (Wildman–Crippen MR) is 142 cm³/mol. The Morgan fingerprint density at radius 2 is 1.97 bits per heavy atom. The summed E-state index contributed by atoms with van der Waals surface area (Å²) in [6.45, 7) is 5.85. The Bertz CT molecular complexity index is 1420. The number of nitrogens with two attached hydrogens (primary N) is 1. The Hall–Kier alpha value is -3.68. The van der Waals surface area contributed by atoms with Crippen molar-refractivity contribution >= 4 is 48.2 Å². The summed E-state index contributed by atoms with van der Waals surface area (Å²) in [5.74, 6) is 0.518. The molecular formula is C24H28N8O4S. The smallest absolute Gasteiger partial charge is 0.300 e. The lowest BCUT2D eigenvalue weighted by molar-refractivity contribution is 0.102. The largest absolute Gasteiger partial charge is 0.444 e. The first-order valence-electron chi connectivity index (χ1n) is 11.9. The summed E-state index contributed by atoms with van der Waals surface area (Å²) >= 11 is 0. The third-order valence-corrected chi connectivity index (χ3v) is 6.29. The molecule has 0 aromatic carbocycles. The second kappa shape index (κ2) is 10.4. The SMILES string of the molecule is Cc1cc(-c2nc(C(=O)Nc3cc4oc(N5CCOCC5)nc4nc3N3CC[C@H](N)C3)co2)ccn1.S. The van der Waals surface area contributed by atoms with E-state index >= 15 is 0 Å². The van der Waals surface area contributed by atoms with Crippen molar-refractivity contribution in [3.63, 3.8) is 0 Å². The summed E-state index contributed by atoms with van der Waals surface area (Å²) < 4.78 is 17.0. The maximum atomic E-state index is 13.2. The molecule has 2 saturated heterocycles. The molecule has 4 aromatic heterocycles. The highest BCUT2D eigenvalue weighted by molar-refractivity contribution is 7.59. The van der Waals surface area contributed by atoms with Crippen molar-refractivity contribution in [2.24, 2.45) is 5.73 Å². The second-order valence-corrected chi connectivity index (χ2v) is 8.95. The highest BCUT2D eigenvalue weighted by Crippen LogP contribution is 2.33. The number of hydrogen-bond acceptors (Lipinski definition) is 11. The molecular weight excluding hydrogens is 496 g/mol. The van der Waals surface area contributed by atoms with Crippen LogP contribution >= 0.6 is 13.5 Å². The summed E-state index contributed by atoms with van der Waals surface area (Å²) in [6.07, 6.45) is 3.84. The molecule has 2 fully saturated rings. The van der Waals surface area contributed by atoms with Crippen LogP contribution in [0.5, 0.6) is 0 Å². The van der Waals surface area contributed by atoms with Crippen molar-refractivity contribution in [3.05, 3.63) is 42.0 Å². The van der Waals surface area contributed by atoms with E-state index in [0.717, 1.165) is 24.2 Å². The number of oxazole rings is 2. The van der Waals surface area contributed by atoms with E-state index in [1.807, 2.05) is 17.9 Å². The van der Waals surface area contributed by atoms with Crippen LogP contribution in [0.3, 0.4) is 0 Å². The van der Waals surface area contributed by atoms with Crippen LogP contribution in [0, 0.1) is 6.92 Å². The van der Waals surface area contributed by atoms with Crippen molar-refractivity contribution in [1.29, 1.82) is 0 Å². The van der Waals surface area contributed by atoms with Crippen molar-refractivity contribution in [2.75, 3.05) is 54.5 Å². The van der Waals surface area contributed by atoms with E-state index in [2.05, 4.69) is 25.2 Å². The number of nitrogens with one attached hydrogen (secondary N) is 1. The number of anilines is 3. The van der Waals surface area contributed by atoms with Crippen molar-refractivity contribution < 1.29 is 18.4 Å². The second-order valence-electron chi connectivity index (χ2n) is 8.95. The normalized spacial score (nSPS) is 17.7. The van der Waals surface area contributed by atoms with Gasteiger partial charge in [0.15, 0.2) is 17.1 Å². The first kappa shape index (κ1) is 25.0. The molecule has 4 aromatic rings. The van der Waals surface area contributed by atoms with Crippen LogP contribution in [0.15, 0.2) is 39.5 Å². The fourth-order valence-electron chi connectivity index (χ4n) is 4.42. The van der Waals surface area contributed by atoms with E-state index in [4.69, 9.17) is 24.3 Å². The van der Waals surface area contributed by atoms with Crippen molar-refractivity contribution in [2.45, 2.75) is 19.4 Å². The number of aromatic nitrogens is 4. The molecule has 0 aliphatic carbocycles. The topological polar surface area (TPSA) is 149 Å². The average molecular weight is 525 g/mol. The molecule has 12 nitrogen and oxygen atoms in total. The summed E-state index contributed by atoms with van der Waals surface area (Å²) in [7, 11) is 0. The molecule has 0 radical (unpaired) electrons. The maximum absolute atomic E-state index is 13.2. The molecule has 194 valence electrons. The van der Waals surface area contributed by atoms with Gasteiger partial charge in [0.2, 0.25) is 11.5 Å². The molecule has 37 heavy (non-hydrogen) atoms. The lowest BCUT2D eigenvalue weighted by Gasteiger charge is -2.24. The number of ether oxygens (including phenoxy) is 1. The van der Waals surface area contributed by atoms with Crippen molar-refractivity contribution in [3.8, 4) is 11.5 Å². The highest BCUT2D eigenvalue weighted by atomic mass is 32.1. The predicted octanol–water partition coefficient (Wildman–Crippen LogP) is 2.32. The van der Waals surface area contributed by atoms with Gasteiger partial charge in [0.1, 0.15) is 6.26 Å². The zero-order valence-electron chi connectivity index (χ0n) is 20.3. The van der Waals surface area contributed by atoms with Crippen LogP contribution in [-0.2, 0) is 4.74 Å². The lowest BCUT2D eigenvalue weighted by Crippen LogP contribution is -2.36. The molecule has 0 spiro atoms. The number of fused-ring (bicyclic) bond motifs is 1. The van der Waals surface area contributed by atoms with E-state index in [1.54, 1.807) is 18.3 Å². The minimum Gasteiger partial charge on any atom is -0.444 e. The Morgan fingerprint density at radius 3 is 2.73 bits per heavy atom. The first-order valence-corrected chi connectivity index (χ1v) is 11.9. The molecule has 0 saturated carbocycles. The fraction of sp³-hybridized carbons (Fsp3) is 0.375. The molecule has 2 aliphatic rings. The van der Waals surface area contributed by atoms with Gasteiger partial charge >= 0.3 is 0 Å². The highest BCUT2D eigenvalue weighted by Gasteiger charge is 2.27. The Morgan fingerprint density at radius 1 is 1.14 bits per heavy atom. The number of rotatable bonds is 5. The molecule has 1 amide bonds. The van der Waals surface area contributed by atoms with Gasteiger partial charge in [-0.15, -0.1) is 0 Å². The summed E-state index contributed by atoms with van der Waals surface area (Å²) in [4.78, 5) is 35.1. The Labute approximate surface area is 219 Å². The number of nitrogens with zero attached hydrogens (tertiary/aromatic N) is 6. The van der Waals surface area contributed by atoms with Gasteiger partial charge in [0, 0.05) is 55.7 Å². The third kappa shape index (κ3) is 5.10. The van der Waals surface area contributed by atoms with E-state index in [-0.39, 0.29) is 25.2 Å². The number of amides is 1. The van der Waals surface area contributed by atoms with Gasteiger partial charge in [0.05, 0.1) is 18.9 Å². The van der Waals surface area contributed by atoms with Crippen LogP contribution in [0.25, 0.3) is 22.7 Å². The number of carbonyl (C=O) groups excluding carboxylic acids is 1. The van der Waals surface area contributed by atoms with Gasteiger partial charge in [-0.25, -0.2) is 9.97 Å². The summed E-state index contributed by atoms with van der Waals surface area (Å²) in [6, 6.07) is 5.90. The number of carbonyl (C=O) groups is 1. The molecule has 6 rings (SSSR count). The van der Waals surface area contributed by atoms with E-state index in [9.17, 15) is 4.79 Å². The van der Waals surface area contributed by atoms with Gasteiger partial charge < -0.3 is 34.4 Å². The number of pyridine rings is 2. The van der Waals surface area contributed by atoms with Crippen LogP contribution in [0.2, 0.25) is 0 Å². The van der Waals surface area contributed by atoms with Crippen LogP contribution in [0.4, 0.5) is 17.5 Å². The molecule has 0 bridgehead atoms. The molecule has 1 atom stereocenters. The number of hydrogen-bond donors (Lipinski definition) is 2. The molecule has 3 N–H and O–H groups in total. The van der Waals surface area contributed by atoms with E-state index < -0.39 is 5.91 Å². The van der Waals surface area contributed by atoms with Gasteiger partial charge in [-0.2, -0.15) is 18.5 Å². The zero-order valence-corrected chi connectivity index (χ0v) is 21.3. The van der Waals surface area contributed by atoms with E-state index in [0.29, 0.717) is 67.5 Å². The molecule has 0 unspecified atom stereocenters. The Kier molecular flexibility index (Phi) is 7.00. The summed E-state index contributed by atoms with van der Waals surface area (Å²) in [5.41, 5.74) is 9.32. The first-order chi connectivity index (χ1) is 17.5. The van der Waals surface area contributed by atoms with Crippen LogP contribution in [-0.4, -0.2) is 71.3 Å². The van der Waals surface area contributed by atoms with Crippen LogP contribution < -0.4 is 20.9 Å². The lowest BCUT2D eigenvalue weighted by atomic mass is 10.2. The molecule has 6 heterocycles. The van der Waals surface area contributed by atoms with E-state index in [1.165, 1.54) is 6.26 Å². The summed E-state index contributed by atoms with van der Waals surface area (Å²) in [5, 5.41) is 2.94. The third-order valence-electron chi connectivity index (χ3n) is 6.29. The maximum Gasteiger partial charge on any atom is 0.300 e. The van der Waals surface area contributed by atoms with Crippen LogP contribution in [0.1, 0.15) is 22.6 Å². The number of morpholine rings is 1. The fourth-order valence-corrected chi connectivity index (χ4v) is 4.42. The zero-order chi connectivity index (χ0) is 24.6. The Balaban J connectivity index is 0.00000280. The van der Waals surface area contributed by atoms with Gasteiger partial charge in [-0.1, -0.05) is 0 Å². The van der Waals surface area contributed by atoms with Gasteiger partial charge in [-0.3, -0.25) is 9.78 Å².